The van der Waals surface area contributed by atoms with Crippen molar-refractivity contribution in [3.63, 3.8) is 0 Å². The quantitative estimate of drug-likeness (QED) is 0.664. The summed E-state index contributed by atoms with van der Waals surface area (Å²) in [5.74, 6) is -0.457. The van der Waals surface area contributed by atoms with Crippen LogP contribution in [0.2, 0.25) is 8.67 Å². The Bertz CT molecular complexity index is 700. The van der Waals surface area contributed by atoms with Crippen LogP contribution < -0.4 is 5.32 Å². The van der Waals surface area contributed by atoms with Crippen LogP contribution in [-0.4, -0.2) is 10.8 Å². The fourth-order valence-electron chi connectivity index (χ4n) is 1.64. The average Bonchev–Trinajstić information content (AvgIpc) is 2.70. The highest BCUT2D eigenvalue weighted by Crippen LogP contribution is 2.32. The van der Waals surface area contributed by atoms with Gasteiger partial charge in [0.05, 0.1) is 26.1 Å². The molecule has 2 rings (SSSR count). The maximum Gasteiger partial charge on any atom is 0.274 e. The first kappa shape index (κ1) is 14.8. The summed E-state index contributed by atoms with van der Waals surface area (Å²) in [6.45, 7) is 1.57. The Hall–Kier alpha value is -1.63. The molecule has 20 heavy (non-hydrogen) atoms. The minimum Gasteiger partial charge on any atom is -0.321 e. The van der Waals surface area contributed by atoms with Crippen molar-refractivity contribution in [2.24, 2.45) is 0 Å². The van der Waals surface area contributed by atoms with Crippen LogP contribution in [0.3, 0.4) is 0 Å². The molecule has 1 aromatic heterocycles. The van der Waals surface area contributed by atoms with E-state index in [-0.39, 0.29) is 15.6 Å². The molecule has 0 aliphatic rings. The zero-order chi connectivity index (χ0) is 14.9. The van der Waals surface area contributed by atoms with Crippen LogP contribution in [0, 0.1) is 17.0 Å². The maximum atomic E-state index is 12.1. The third-order valence-corrected chi connectivity index (χ3v) is 4.14. The van der Waals surface area contributed by atoms with E-state index in [1.807, 2.05) is 0 Å². The van der Waals surface area contributed by atoms with Crippen molar-refractivity contribution < 1.29 is 9.72 Å². The van der Waals surface area contributed by atoms with Gasteiger partial charge in [0.1, 0.15) is 4.34 Å². The highest BCUT2D eigenvalue weighted by Gasteiger charge is 2.18. The van der Waals surface area contributed by atoms with Gasteiger partial charge in [-0.25, -0.2) is 0 Å². The number of benzene rings is 1. The van der Waals surface area contributed by atoms with Gasteiger partial charge in [0.15, 0.2) is 0 Å². The molecule has 0 saturated carbocycles. The van der Waals surface area contributed by atoms with E-state index in [1.54, 1.807) is 13.0 Å². The van der Waals surface area contributed by atoms with E-state index >= 15 is 0 Å². The van der Waals surface area contributed by atoms with Crippen molar-refractivity contribution in [1.82, 2.24) is 0 Å². The van der Waals surface area contributed by atoms with Crippen LogP contribution in [0.5, 0.6) is 0 Å². The molecule has 0 bridgehead atoms. The smallest absolute Gasteiger partial charge is 0.274 e. The van der Waals surface area contributed by atoms with Gasteiger partial charge in [0, 0.05) is 6.07 Å². The van der Waals surface area contributed by atoms with E-state index in [0.717, 1.165) is 11.3 Å². The van der Waals surface area contributed by atoms with Crippen LogP contribution in [0.25, 0.3) is 0 Å². The summed E-state index contributed by atoms with van der Waals surface area (Å²) in [7, 11) is 0. The number of thiophene rings is 1. The number of anilines is 1. The number of nitro benzene ring substituents is 1. The fourth-order valence-corrected chi connectivity index (χ4v) is 3.10. The zero-order valence-corrected chi connectivity index (χ0v) is 12.5. The Balaban J connectivity index is 2.31. The number of rotatable bonds is 3. The Kier molecular flexibility index (Phi) is 4.27. The van der Waals surface area contributed by atoms with Gasteiger partial charge < -0.3 is 5.32 Å². The second-order valence-electron chi connectivity index (χ2n) is 3.90. The molecule has 8 heteroatoms. The van der Waals surface area contributed by atoms with E-state index in [2.05, 4.69) is 5.32 Å². The number of nitro groups is 1. The summed E-state index contributed by atoms with van der Waals surface area (Å²) in [5, 5.41) is 13.4. The molecule has 2 aromatic rings. The lowest BCUT2D eigenvalue weighted by Crippen LogP contribution is -2.12. The number of carbonyl (C=O) groups excluding carboxylic acids is 1. The Morgan fingerprint density at radius 1 is 1.40 bits per heavy atom. The predicted octanol–water partition coefficient (Wildman–Crippen LogP) is 4.52. The van der Waals surface area contributed by atoms with Crippen molar-refractivity contribution in [1.29, 1.82) is 0 Å². The molecule has 1 heterocycles. The maximum absolute atomic E-state index is 12.1. The van der Waals surface area contributed by atoms with Crippen molar-refractivity contribution >= 4 is 51.8 Å². The summed E-state index contributed by atoms with van der Waals surface area (Å²) in [6, 6.07) is 5.92. The summed E-state index contributed by atoms with van der Waals surface area (Å²) in [5.41, 5.74) is 0.927. The first-order valence-corrected chi connectivity index (χ1v) is 6.97. The van der Waals surface area contributed by atoms with Gasteiger partial charge in [0.25, 0.3) is 11.6 Å². The molecule has 104 valence electrons. The lowest BCUT2D eigenvalue weighted by atomic mass is 10.1. The van der Waals surface area contributed by atoms with Gasteiger partial charge in [-0.3, -0.25) is 14.9 Å². The van der Waals surface area contributed by atoms with E-state index < -0.39 is 10.8 Å². The zero-order valence-electron chi connectivity index (χ0n) is 10.1. The lowest BCUT2D eigenvalue weighted by molar-refractivity contribution is -0.385. The number of carbonyl (C=O) groups is 1. The second kappa shape index (κ2) is 5.78. The molecule has 0 spiro atoms. The molecular formula is C12H8Cl2N2O3S. The van der Waals surface area contributed by atoms with Gasteiger partial charge in [-0.15, -0.1) is 11.3 Å². The number of nitrogens with zero attached hydrogens (tertiary/aromatic N) is 1. The third kappa shape index (κ3) is 2.92. The minimum absolute atomic E-state index is 0.0581. The highest BCUT2D eigenvalue weighted by atomic mass is 35.5. The Morgan fingerprint density at radius 2 is 2.10 bits per heavy atom. The highest BCUT2D eigenvalue weighted by molar-refractivity contribution is 7.20. The molecule has 0 atom stereocenters. The van der Waals surface area contributed by atoms with Crippen LogP contribution in [0.1, 0.15) is 15.9 Å². The van der Waals surface area contributed by atoms with Crippen molar-refractivity contribution in [2.75, 3.05) is 5.32 Å². The largest absolute Gasteiger partial charge is 0.321 e. The molecule has 0 radical (unpaired) electrons. The average molecular weight is 331 g/mol. The number of nitrogens with one attached hydrogen (secondary N) is 1. The predicted molar refractivity (Wildman–Crippen MR) is 80.1 cm³/mol. The Labute approximate surface area is 128 Å². The molecule has 1 N–H and O–H groups in total. The molecule has 0 saturated heterocycles. The Morgan fingerprint density at radius 3 is 2.65 bits per heavy atom. The number of halogens is 2. The summed E-state index contributed by atoms with van der Waals surface area (Å²) >= 11 is 12.8. The normalized spacial score (nSPS) is 10.3. The lowest BCUT2D eigenvalue weighted by Gasteiger charge is -2.07. The van der Waals surface area contributed by atoms with E-state index in [1.165, 1.54) is 18.2 Å². The van der Waals surface area contributed by atoms with Crippen LogP contribution >= 0.6 is 34.5 Å². The van der Waals surface area contributed by atoms with Gasteiger partial charge in [-0.05, 0) is 19.1 Å². The van der Waals surface area contributed by atoms with Crippen molar-refractivity contribution in [3.8, 4) is 0 Å². The number of hydrogen-bond donors (Lipinski definition) is 1. The molecule has 0 fully saturated rings. The molecule has 0 aliphatic heterocycles. The second-order valence-corrected chi connectivity index (χ2v) is 6.18. The minimum atomic E-state index is -0.501. The van der Waals surface area contributed by atoms with E-state index in [9.17, 15) is 14.9 Å². The summed E-state index contributed by atoms with van der Waals surface area (Å²) < 4.78 is 0.673. The molecule has 0 unspecified atom stereocenters. The van der Waals surface area contributed by atoms with Crippen LogP contribution in [0.15, 0.2) is 24.3 Å². The summed E-state index contributed by atoms with van der Waals surface area (Å²) in [4.78, 5) is 22.4. The molecule has 1 amide bonds. The SMILES string of the molecule is Cc1c(NC(=O)c2cc(Cl)sc2Cl)cccc1[N+](=O)[O-]. The van der Waals surface area contributed by atoms with Crippen LogP contribution in [0.4, 0.5) is 11.4 Å². The van der Waals surface area contributed by atoms with Crippen molar-refractivity contribution in [3.05, 3.63) is 54.2 Å². The third-order valence-electron chi connectivity index (χ3n) is 2.65. The number of hydrogen-bond acceptors (Lipinski definition) is 4. The van der Waals surface area contributed by atoms with Gasteiger partial charge in [0.2, 0.25) is 0 Å². The topological polar surface area (TPSA) is 72.2 Å². The van der Waals surface area contributed by atoms with Gasteiger partial charge in [-0.1, -0.05) is 29.3 Å². The number of amides is 1. The fraction of sp³-hybridized carbons (Fsp3) is 0.0833. The van der Waals surface area contributed by atoms with E-state index in [0.29, 0.717) is 15.6 Å². The van der Waals surface area contributed by atoms with Crippen LogP contribution in [-0.2, 0) is 0 Å². The monoisotopic (exact) mass is 330 g/mol. The van der Waals surface area contributed by atoms with E-state index in [4.69, 9.17) is 23.2 Å². The molecule has 5 nitrogen and oxygen atoms in total. The molecule has 1 aromatic carbocycles. The van der Waals surface area contributed by atoms with Gasteiger partial charge in [-0.2, -0.15) is 0 Å². The summed E-state index contributed by atoms with van der Waals surface area (Å²) in [6.07, 6.45) is 0. The van der Waals surface area contributed by atoms with Crippen molar-refractivity contribution in [2.45, 2.75) is 6.92 Å². The standard InChI is InChI=1S/C12H8Cl2N2O3S/c1-6-8(3-2-4-9(6)16(18)19)15-12(17)7-5-10(13)20-11(7)14/h2-5H,1H3,(H,15,17). The molecule has 0 aliphatic carbocycles. The first-order valence-electron chi connectivity index (χ1n) is 5.40. The molecular weight excluding hydrogens is 323 g/mol. The first-order chi connectivity index (χ1) is 9.40. The van der Waals surface area contributed by atoms with Gasteiger partial charge >= 0.3 is 0 Å².